The molecule has 134 valence electrons. The summed E-state index contributed by atoms with van der Waals surface area (Å²) in [7, 11) is 1.62. The van der Waals surface area contributed by atoms with Crippen molar-refractivity contribution in [2.75, 3.05) is 5.32 Å². The van der Waals surface area contributed by atoms with Crippen LogP contribution in [0.2, 0.25) is 0 Å². The smallest absolute Gasteiger partial charge is 0.336 e. The van der Waals surface area contributed by atoms with Gasteiger partial charge in [0.15, 0.2) is 0 Å². The summed E-state index contributed by atoms with van der Waals surface area (Å²) in [5.74, 6) is -0.353. The van der Waals surface area contributed by atoms with Crippen LogP contribution >= 0.6 is 0 Å². The number of hydrogen-bond donors (Lipinski definition) is 1. The van der Waals surface area contributed by atoms with E-state index in [2.05, 4.69) is 10.3 Å². The van der Waals surface area contributed by atoms with Gasteiger partial charge in [-0.3, -0.25) is 9.59 Å². The molecule has 0 aliphatic rings. The number of rotatable bonds is 2. The van der Waals surface area contributed by atoms with E-state index in [1.165, 1.54) is 17.0 Å². The Bertz CT molecular complexity index is 1330. The zero-order chi connectivity index (χ0) is 19.1. The lowest BCUT2D eigenvalue weighted by atomic mass is 10.1. The van der Waals surface area contributed by atoms with Gasteiger partial charge in [0.05, 0.1) is 17.2 Å². The largest absolute Gasteiger partial charge is 0.423 e. The molecule has 2 aromatic carbocycles. The van der Waals surface area contributed by atoms with E-state index in [-0.39, 0.29) is 11.5 Å². The van der Waals surface area contributed by atoms with Crippen molar-refractivity contribution < 1.29 is 9.21 Å². The van der Waals surface area contributed by atoms with Crippen LogP contribution in [0.15, 0.2) is 62.8 Å². The lowest BCUT2D eigenvalue weighted by Gasteiger charge is -2.08. The molecule has 4 aromatic rings. The average Bonchev–Trinajstić information content (AvgIpc) is 2.64. The minimum absolute atomic E-state index is 0.174. The number of carbonyl (C=O) groups is 1. The van der Waals surface area contributed by atoms with Gasteiger partial charge in [-0.25, -0.2) is 9.78 Å². The van der Waals surface area contributed by atoms with Crippen molar-refractivity contribution in [1.29, 1.82) is 0 Å². The Morgan fingerprint density at radius 2 is 1.85 bits per heavy atom. The minimum atomic E-state index is -0.439. The quantitative estimate of drug-likeness (QED) is 0.554. The summed E-state index contributed by atoms with van der Waals surface area (Å²) in [5, 5.41) is 4.02. The number of benzene rings is 2. The van der Waals surface area contributed by atoms with E-state index in [9.17, 15) is 14.4 Å². The Labute approximate surface area is 152 Å². The monoisotopic (exact) mass is 361 g/mol. The van der Waals surface area contributed by atoms with Crippen molar-refractivity contribution in [3.8, 4) is 0 Å². The molecule has 0 aliphatic heterocycles. The molecule has 0 saturated carbocycles. The molecule has 0 aliphatic carbocycles. The summed E-state index contributed by atoms with van der Waals surface area (Å²) in [5.41, 5.74) is 1.92. The number of amides is 1. The first-order chi connectivity index (χ1) is 12.9. The molecule has 0 radical (unpaired) electrons. The second-order valence-electron chi connectivity index (χ2n) is 6.31. The van der Waals surface area contributed by atoms with Crippen molar-refractivity contribution in [2.45, 2.75) is 6.92 Å². The first-order valence-electron chi connectivity index (χ1n) is 8.23. The van der Waals surface area contributed by atoms with Gasteiger partial charge in [0.1, 0.15) is 5.58 Å². The molecule has 7 nitrogen and oxygen atoms in total. The van der Waals surface area contributed by atoms with Gasteiger partial charge in [0.25, 0.3) is 11.5 Å². The predicted octanol–water partition coefficient (Wildman–Crippen LogP) is 2.60. The zero-order valence-corrected chi connectivity index (χ0v) is 14.6. The lowest BCUT2D eigenvalue weighted by Crippen LogP contribution is -2.18. The second kappa shape index (κ2) is 6.21. The number of fused-ring (bicyclic) bond motifs is 2. The van der Waals surface area contributed by atoms with Crippen LogP contribution in [-0.4, -0.2) is 15.5 Å². The summed E-state index contributed by atoms with van der Waals surface area (Å²) >= 11 is 0. The zero-order valence-electron chi connectivity index (χ0n) is 14.6. The molecule has 0 fully saturated rings. The van der Waals surface area contributed by atoms with Crippen LogP contribution in [0.25, 0.3) is 21.9 Å². The summed E-state index contributed by atoms with van der Waals surface area (Å²) in [6, 6.07) is 11.3. The van der Waals surface area contributed by atoms with Gasteiger partial charge in [-0.15, -0.1) is 0 Å². The topological polar surface area (TPSA) is 94.2 Å². The van der Waals surface area contributed by atoms with Gasteiger partial charge in [-0.1, -0.05) is 0 Å². The molecule has 2 heterocycles. The molecule has 2 aromatic heterocycles. The lowest BCUT2D eigenvalue weighted by molar-refractivity contribution is 0.102. The maximum Gasteiger partial charge on any atom is 0.336 e. The van der Waals surface area contributed by atoms with Crippen LogP contribution in [0.4, 0.5) is 5.69 Å². The van der Waals surface area contributed by atoms with Crippen LogP contribution in [0.1, 0.15) is 15.9 Å². The van der Waals surface area contributed by atoms with Gasteiger partial charge in [-0.2, -0.15) is 0 Å². The Morgan fingerprint density at radius 3 is 2.67 bits per heavy atom. The molecule has 0 atom stereocenters. The van der Waals surface area contributed by atoms with Crippen molar-refractivity contribution in [3.05, 3.63) is 80.7 Å². The average molecular weight is 361 g/mol. The van der Waals surface area contributed by atoms with Gasteiger partial charge in [0.2, 0.25) is 0 Å². The first-order valence-corrected chi connectivity index (χ1v) is 8.23. The maximum atomic E-state index is 12.6. The number of carbonyl (C=O) groups excluding carboxylic acids is 1. The third-order valence-corrected chi connectivity index (χ3v) is 4.39. The molecule has 0 bridgehead atoms. The number of nitrogens with one attached hydrogen (secondary N) is 1. The molecule has 0 saturated heterocycles. The molecule has 1 amide bonds. The first kappa shape index (κ1) is 16.7. The van der Waals surface area contributed by atoms with E-state index in [1.807, 2.05) is 6.92 Å². The standard InChI is InChI=1S/C20H15N3O4/c1-11-7-18(24)27-17-9-13(4-6-14(11)17)22-19(25)12-3-5-15-16(8-12)21-10-23(2)20(15)26/h3-10H,1-2H3,(H,22,25). The van der Waals surface area contributed by atoms with Crippen LogP contribution in [0, 0.1) is 6.92 Å². The summed E-state index contributed by atoms with van der Waals surface area (Å²) in [6.07, 6.45) is 1.42. The Hall–Kier alpha value is -3.74. The third kappa shape index (κ3) is 2.99. The predicted molar refractivity (Wildman–Crippen MR) is 102 cm³/mol. The molecule has 4 rings (SSSR count). The van der Waals surface area contributed by atoms with Gasteiger partial charge >= 0.3 is 5.63 Å². The number of anilines is 1. The molecule has 7 heteroatoms. The van der Waals surface area contributed by atoms with E-state index >= 15 is 0 Å². The summed E-state index contributed by atoms with van der Waals surface area (Å²) in [6.45, 7) is 1.82. The molecule has 27 heavy (non-hydrogen) atoms. The van der Waals surface area contributed by atoms with Crippen molar-refractivity contribution in [3.63, 3.8) is 0 Å². The van der Waals surface area contributed by atoms with Gasteiger partial charge in [0, 0.05) is 35.8 Å². The van der Waals surface area contributed by atoms with Crippen LogP contribution in [0.3, 0.4) is 0 Å². The van der Waals surface area contributed by atoms with Crippen LogP contribution < -0.4 is 16.5 Å². The van der Waals surface area contributed by atoms with Crippen molar-refractivity contribution in [1.82, 2.24) is 9.55 Å². The SMILES string of the molecule is Cc1cc(=O)oc2cc(NC(=O)c3ccc4c(=O)n(C)cnc4c3)ccc12. The number of aryl methyl sites for hydroxylation is 2. The number of nitrogens with zero attached hydrogens (tertiary/aromatic N) is 2. The fourth-order valence-corrected chi connectivity index (χ4v) is 2.96. The van der Waals surface area contributed by atoms with Crippen LogP contribution in [-0.2, 0) is 7.05 Å². The Balaban J connectivity index is 1.68. The highest BCUT2D eigenvalue weighted by atomic mass is 16.4. The van der Waals surface area contributed by atoms with E-state index < -0.39 is 5.63 Å². The highest BCUT2D eigenvalue weighted by Crippen LogP contribution is 2.21. The Kier molecular flexibility index (Phi) is 3.84. The normalized spacial score (nSPS) is 11.0. The van der Waals surface area contributed by atoms with Crippen molar-refractivity contribution >= 4 is 33.5 Å². The second-order valence-corrected chi connectivity index (χ2v) is 6.31. The van der Waals surface area contributed by atoms with E-state index in [0.717, 1.165) is 10.9 Å². The molecular weight excluding hydrogens is 346 g/mol. The molecular formula is C20H15N3O4. The minimum Gasteiger partial charge on any atom is -0.423 e. The summed E-state index contributed by atoms with van der Waals surface area (Å²) in [4.78, 5) is 40.4. The van der Waals surface area contributed by atoms with Crippen LogP contribution in [0.5, 0.6) is 0 Å². The molecule has 0 unspecified atom stereocenters. The summed E-state index contributed by atoms with van der Waals surface area (Å²) < 4.78 is 6.58. The number of aromatic nitrogens is 2. The van der Waals surface area contributed by atoms with Crippen molar-refractivity contribution in [2.24, 2.45) is 7.05 Å². The van der Waals surface area contributed by atoms with E-state index in [4.69, 9.17) is 4.42 Å². The third-order valence-electron chi connectivity index (χ3n) is 4.39. The van der Waals surface area contributed by atoms with Gasteiger partial charge < -0.3 is 14.3 Å². The van der Waals surface area contributed by atoms with E-state index in [0.29, 0.717) is 27.7 Å². The Morgan fingerprint density at radius 1 is 1.07 bits per heavy atom. The molecule has 1 N–H and O–H groups in total. The maximum absolute atomic E-state index is 12.6. The highest BCUT2D eigenvalue weighted by Gasteiger charge is 2.11. The number of hydrogen-bond acceptors (Lipinski definition) is 5. The van der Waals surface area contributed by atoms with E-state index in [1.54, 1.807) is 43.4 Å². The van der Waals surface area contributed by atoms with Gasteiger partial charge in [-0.05, 0) is 42.8 Å². The molecule has 0 spiro atoms. The highest BCUT2D eigenvalue weighted by molar-refractivity contribution is 6.06. The fourth-order valence-electron chi connectivity index (χ4n) is 2.96. The fraction of sp³-hybridized carbons (Fsp3) is 0.100.